The summed E-state index contributed by atoms with van der Waals surface area (Å²) in [6, 6.07) is 8.01. The lowest BCUT2D eigenvalue weighted by Crippen LogP contribution is -2.11. The number of hydrogen-bond donors (Lipinski definition) is 2. The third kappa shape index (κ3) is 2.73. The van der Waals surface area contributed by atoms with Crippen molar-refractivity contribution in [3.63, 3.8) is 0 Å². The standard InChI is InChI=1S/C9H12INO/c10-8-3-1-7(2-4-8)9(11)5-6-12/h1-4,9,12H,5-6,11H2. The molecule has 0 aliphatic heterocycles. The molecular weight excluding hydrogens is 265 g/mol. The Balaban J connectivity index is 2.68. The molecule has 2 nitrogen and oxygen atoms in total. The normalized spacial score (nSPS) is 12.9. The lowest BCUT2D eigenvalue weighted by atomic mass is 10.1. The fourth-order valence-electron chi connectivity index (χ4n) is 1.02. The molecule has 0 radical (unpaired) electrons. The molecule has 1 atom stereocenters. The minimum atomic E-state index is -0.0352. The fourth-order valence-corrected chi connectivity index (χ4v) is 1.38. The van der Waals surface area contributed by atoms with E-state index in [1.54, 1.807) is 0 Å². The van der Waals surface area contributed by atoms with Crippen LogP contribution in [0.25, 0.3) is 0 Å². The van der Waals surface area contributed by atoms with Gasteiger partial charge in [0.15, 0.2) is 0 Å². The molecule has 3 N–H and O–H groups in total. The molecule has 0 aromatic heterocycles. The first-order valence-corrected chi connectivity index (χ1v) is 4.94. The van der Waals surface area contributed by atoms with Crippen LogP contribution in [0.5, 0.6) is 0 Å². The smallest absolute Gasteiger partial charge is 0.0449 e. The number of aliphatic hydroxyl groups excluding tert-OH is 1. The van der Waals surface area contributed by atoms with Gasteiger partial charge in [0.1, 0.15) is 0 Å². The molecule has 1 unspecified atom stereocenters. The van der Waals surface area contributed by atoms with Gasteiger partial charge < -0.3 is 10.8 Å². The summed E-state index contributed by atoms with van der Waals surface area (Å²) < 4.78 is 1.20. The molecule has 3 heteroatoms. The minimum absolute atomic E-state index is 0.0352. The molecule has 0 amide bonds. The number of nitrogens with two attached hydrogens (primary N) is 1. The van der Waals surface area contributed by atoms with Gasteiger partial charge in [-0.3, -0.25) is 0 Å². The Labute approximate surface area is 85.9 Å². The molecule has 0 saturated carbocycles. The van der Waals surface area contributed by atoms with E-state index in [1.807, 2.05) is 24.3 Å². The van der Waals surface area contributed by atoms with E-state index in [0.29, 0.717) is 6.42 Å². The summed E-state index contributed by atoms with van der Waals surface area (Å²) in [5.74, 6) is 0. The van der Waals surface area contributed by atoms with Crippen LogP contribution < -0.4 is 5.73 Å². The zero-order valence-corrected chi connectivity index (χ0v) is 8.86. The topological polar surface area (TPSA) is 46.2 Å². The number of rotatable bonds is 3. The molecule has 1 aromatic rings. The highest BCUT2D eigenvalue weighted by Crippen LogP contribution is 2.14. The number of aliphatic hydroxyl groups is 1. The molecule has 1 aromatic carbocycles. The van der Waals surface area contributed by atoms with Crippen molar-refractivity contribution in [1.29, 1.82) is 0 Å². The Morgan fingerprint density at radius 3 is 2.42 bits per heavy atom. The fraction of sp³-hybridized carbons (Fsp3) is 0.333. The van der Waals surface area contributed by atoms with E-state index >= 15 is 0 Å². The Hall–Kier alpha value is -0.130. The van der Waals surface area contributed by atoms with Crippen molar-refractivity contribution in [3.05, 3.63) is 33.4 Å². The average molecular weight is 277 g/mol. The number of hydrogen-bond acceptors (Lipinski definition) is 2. The largest absolute Gasteiger partial charge is 0.396 e. The van der Waals surface area contributed by atoms with Gasteiger partial charge in [0.2, 0.25) is 0 Å². The Morgan fingerprint density at radius 1 is 1.33 bits per heavy atom. The Kier molecular flexibility index (Phi) is 3.97. The quantitative estimate of drug-likeness (QED) is 0.826. The van der Waals surface area contributed by atoms with Crippen molar-refractivity contribution in [2.24, 2.45) is 5.73 Å². The van der Waals surface area contributed by atoms with Crippen molar-refractivity contribution in [3.8, 4) is 0 Å². The first-order valence-electron chi connectivity index (χ1n) is 3.86. The van der Waals surface area contributed by atoms with E-state index in [1.165, 1.54) is 3.57 Å². The summed E-state index contributed by atoms with van der Waals surface area (Å²) in [6.45, 7) is 0.146. The zero-order chi connectivity index (χ0) is 8.97. The van der Waals surface area contributed by atoms with Gasteiger partial charge in [0.05, 0.1) is 0 Å². The van der Waals surface area contributed by atoms with Crippen LogP contribution in [0.4, 0.5) is 0 Å². The van der Waals surface area contributed by atoms with Crippen LogP contribution in [0.3, 0.4) is 0 Å². The minimum Gasteiger partial charge on any atom is -0.396 e. The first-order chi connectivity index (χ1) is 5.74. The predicted octanol–water partition coefficient (Wildman–Crippen LogP) is 1.67. The molecule has 0 aliphatic rings. The summed E-state index contributed by atoms with van der Waals surface area (Å²) >= 11 is 2.25. The molecular formula is C9H12INO. The monoisotopic (exact) mass is 277 g/mol. The average Bonchev–Trinajstić information content (AvgIpc) is 2.06. The molecule has 66 valence electrons. The van der Waals surface area contributed by atoms with E-state index in [2.05, 4.69) is 22.6 Å². The second-order valence-electron chi connectivity index (χ2n) is 2.67. The summed E-state index contributed by atoms with van der Waals surface area (Å²) in [6.07, 6.45) is 0.626. The van der Waals surface area contributed by atoms with Crippen LogP contribution in [0.2, 0.25) is 0 Å². The predicted molar refractivity (Wildman–Crippen MR) is 57.8 cm³/mol. The first kappa shape index (κ1) is 9.95. The molecule has 1 rings (SSSR count). The van der Waals surface area contributed by atoms with Gasteiger partial charge in [-0.05, 0) is 46.7 Å². The molecule has 0 aliphatic carbocycles. The van der Waals surface area contributed by atoms with Gasteiger partial charge in [-0.25, -0.2) is 0 Å². The van der Waals surface area contributed by atoms with Crippen molar-refractivity contribution in [2.45, 2.75) is 12.5 Å². The maximum atomic E-state index is 8.67. The van der Waals surface area contributed by atoms with Crippen molar-refractivity contribution >= 4 is 22.6 Å². The van der Waals surface area contributed by atoms with E-state index in [4.69, 9.17) is 10.8 Å². The summed E-state index contributed by atoms with van der Waals surface area (Å²) in [4.78, 5) is 0. The van der Waals surface area contributed by atoms with Crippen LogP contribution in [0, 0.1) is 3.57 Å². The molecule has 0 heterocycles. The third-order valence-corrected chi connectivity index (χ3v) is 2.46. The van der Waals surface area contributed by atoms with Crippen molar-refractivity contribution in [1.82, 2.24) is 0 Å². The maximum absolute atomic E-state index is 8.67. The van der Waals surface area contributed by atoms with E-state index in [9.17, 15) is 0 Å². The SMILES string of the molecule is NC(CCO)c1ccc(I)cc1. The van der Waals surface area contributed by atoms with Crippen LogP contribution in [0.15, 0.2) is 24.3 Å². The molecule has 0 fully saturated rings. The number of halogens is 1. The summed E-state index contributed by atoms with van der Waals surface area (Å²) in [5, 5.41) is 8.67. The lowest BCUT2D eigenvalue weighted by molar-refractivity contribution is 0.276. The Morgan fingerprint density at radius 2 is 1.92 bits per heavy atom. The van der Waals surface area contributed by atoms with Gasteiger partial charge in [-0.1, -0.05) is 12.1 Å². The second kappa shape index (κ2) is 4.79. The molecule has 0 bridgehead atoms. The van der Waals surface area contributed by atoms with Crippen LogP contribution in [-0.2, 0) is 0 Å². The highest BCUT2D eigenvalue weighted by Gasteiger charge is 2.03. The molecule has 12 heavy (non-hydrogen) atoms. The van der Waals surface area contributed by atoms with Crippen LogP contribution in [0.1, 0.15) is 18.0 Å². The van der Waals surface area contributed by atoms with Gasteiger partial charge in [-0.15, -0.1) is 0 Å². The maximum Gasteiger partial charge on any atom is 0.0449 e. The summed E-state index contributed by atoms with van der Waals surface area (Å²) in [7, 11) is 0. The van der Waals surface area contributed by atoms with Gasteiger partial charge in [0.25, 0.3) is 0 Å². The van der Waals surface area contributed by atoms with Crippen LogP contribution >= 0.6 is 22.6 Å². The third-order valence-electron chi connectivity index (χ3n) is 1.74. The summed E-state index contributed by atoms with van der Waals surface area (Å²) in [5.41, 5.74) is 6.88. The van der Waals surface area contributed by atoms with Crippen molar-refractivity contribution in [2.75, 3.05) is 6.61 Å². The van der Waals surface area contributed by atoms with Crippen molar-refractivity contribution < 1.29 is 5.11 Å². The van der Waals surface area contributed by atoms with Crippen LogP contribution in [-0.4, -0.2) is 11.7 Å². The Bertz CT molecular complexity index is 235. The number of benzene rings is 1. The molecule has 0 saturated heterocycles. The highest BCUT2D eigenvalue weighted by atomic mass is 127. The van der Waals surface area contributed by atoms with Gasteiger partial charge in [-0.2, -0.15) is 0 Å². The van der Waals surface area contributed by atoms with E-state index < -0.39 is 0 Å². The lowest BCUT2D eigenvalue weighted by Gasteiger charge is -2.09. The van der Waals surface area contributed by atoms with Gasteiger partial charge >= 0.3 is 0 Å². The van der Waals surface area contributed by atoms with E-state index in [-0.39, 0.29) is 12.6 Å². The molecule has 0 spiro atoms. The highest BCUT2D eigenvalue weighted by molar-refractivity contribution is 14.1. The zero-order valence-electron chi connectivity index (χ0n) is 6.70. The van der Waals surface area contributed by atoms with E-state index in [0.717, 1.165) is 5.56 Å². The second-order valence-corrected chi connectivity index (χ2v) is 3.92. The van der Waals surface area contributed by atoms with Gasteiger partial charge in [0, 0.05) is 16.2 Å².